The minimum atomic E-state index is -0.334. The van der Waals surface area contributed by atoms with Crippen LogP contribution in [0, 0.1) is 0 Å². The first kappa shape index (κ1) is 20.9. The molecule has 2 aromatic rings. The van der Waals surface area contributed by atoms with Gasteiger partial charge >= 0.3 is 0 Å². The molecule has 1 heterocycles. The van der Waals surface area contributed by atoms with Crippen LogP contribution in [0.4, 0.5) is 5.69 Å². The molecule has 30 heavy (non-hydrogen) atoms. The van der Waals surface area contributed by atoms with Crippen molar-refractivity contribution >= 4 is 29.3 Å². The van der Waals surface area contributed by atoms with Crippen molar-refractivity contribution < 1.29 is 9.59 Å². The van der Waals surface area contributed by atoms with Crippen LogP contribution in [0.5, 0.6) is 0 Å². The average molecular weight is 428 g/mol. The molecule has 1 aromatic heterocycles. The molecule has 160 valence electrons. The Labute approximate surface area is 181 Å². The van der Waals surface area contributed by atoms with Crippen molar-refractivity contribution in [1.29, 1.82) is 0 Å². The van der Waals surface area contributed by atoms with E-state index in [2.05, 4.69) is 27.0 Å². The van der Waals surface area contributed by atoms with E-state index < -0.39 is 0 Å². The lowest BCUT2D eigenvalue weighted by Crippen LogP contribution is -2.39. The summed E-state index contributed by atoms with van der Waals surface area (Å²) in [7, 11) is 1.67. The number of nitrogens with one attached hydrogen (secondary N) is 1. The Hall–Kier alpha value is -2.35. The Morgan fingerprint density at radius 1 is 1.23 bits per heavy atom. The summed E-state index contributed by atoms with van der Waals surface area (Å²) in [4.78, 5) is 26.8. The molecule has 1 unspecified atom stereocenters. The Bertz CT molecular complexity index is 935. The molecule has 4 rings (SSSR count). The van der Waals surface area contributed by atoms with E-state index in [1.54, 1.807) is 7.05 Å². The lowest BCUT2D eigenvalue weighted by Gasteiger charge is -2.21. The van der Waals surface area contributed by atoms with E-state index >= 15 is 0 Å². The lowest BCUT2D eigenvalue weighted by molar-refractivity contribution is -0.132. The first-order valence-corrected chi connectivity index (χ1v) is 11.6. The smallest absolute Gasteiger partial charge is 0.243 e. The summed E-state index contributed by atoms with van der Waals surface area (Å²) in [6, 6.07) is 8.23. The first-order chi connectivity index (χ1) is 14.5. The number of amides is 2. The number of aryl methyl sites for hydroxylation is 1. The second-order valence-corrected chi connectivity index (χ2v) is 9.54. The van der Waals surface area contributed by atoms with E-state index in [0.717, 1.165) is 41.5 Å². The Morgan fingerprint density at radius 3 is 2.63 bits per heavy atom. The number of hydrogen-bond donors (Lipinski definition) is 1. The Balaban J connectivity index is 1.35. The van der Waals surface area contributed by atoms with Crippen LogP contribution in [0.25, 0.3) is 0 Å². The molecule has 0 saturated heterocycles. The maximum absolute atomic E-state index is 12.9. The average Bonchev–Trinajstić information content (AvgIpc) is 3.66. The van der Waals surface area contributed by atoms with Crippen molar-refractivity contribution in [2.45, 2.75) is 68.3 Å². The van der Waals surface area contributed by atoms with E-state index in [1.807, 2.05) is 31.2 Å². The van der Waals surface area contributed by atoms with Crippen molar-refractivity contribution in [3.8, 4) is 0 Å². The number of likely N-dealkylation sites (N-methyl/N-ethyl adjacent to an activating group) is 1. The van der Waals surface area contributed by atoms with Crippen LogP contribution in [-0.2, 0) is 16.0 Å². The third-order valence-electron chi connectivity index (χ3n) is 5.60. The third-order valence-corrected chi connectivity index (χ3v) is 6.65. The SMILES string of the molecule is CCc1ccccc1NC(=O)CN(C)C(=O)C(C)Sc1nnc(C2CC2)n1C1CC1. The first-order valence-electron chi connectivity index (χ1n) is 10.7. The van der Waals surface area contributed by atoms with E-state index in [1.165, 1.54) is 29.5 Å². The topological polar surface area (TPSA) is 80.1 Å². The molecule has 7 nitrogen and oxygen atoms in total. The summed E-state index contributed by atoms with van der Waals surface area (Å²) >= 11 is 1.44. The fourth-order valence-corrected chi connectivity index (χ4v) is 4.66. The molecule has 1 N–H and O–H groups in total. The molecule has 2 aliphatic rings. The second-order valence-electron chi connectivity index (χ2n) is 8.23. The summed E-state index contributed by atoms with van der Waals surface area (Å²) < 4.78 is 2.25. The van der Waals surface area contributed by atoms with Gasteiger partial charge in [0.05, 0.1) is 11.8 Å². The van der Waals surface area contributed by atoms with Crippen LogP contribution in [-0.4, -0.2) is 50.3 Å². The minimum absolute atomic E-state index is 0.0183. The van der Waals surface area contributed by atoms with E-state index in [-0.39, 0.29) is 23.6 Å². The molecule has 0 spiro atoms. The van der Waals surface area contributed by atoms with Gasteiger partial charge in [-0.3, -0.25) is 9.59 Å². The summed E-state index contributed by atoms with van der Waals surface area (Å²) in [6.45, 7) is 3.94. The molecular formula is C22H29N5O2S. The molecule has 0 aliphatic heterocycles. The van der Waals surface area contributed by atoms with Crippen molar-refractivity contribution in [2.24, 2.45) is 0 Å². The monoisotopic (exact) mass is 427 g/mol. The molecule has 1 aromatic carbocycles. The maximum Gasteiger partial charge on any atom is 0.243 e. The number of benzene rings is 1. The van der Waals surface area contributed by atoms with Gasteiger partial charge in [-0.1, -0.05) is 36.9 Å². The molecule has 0 radical (unpaired) electrons. The lowest BCUT2D eigenvalue weighted by atomic mass is 10.1. The third kappa shape index (κ3) is 4.69. The molecule has 1 atom stereocenters. The standard InChI is InChI=1S/C22H29N5O2S/c1-4-15-7-5-6-8-18(15)23-19(28)13-26(3)21(29)14(2)30-22-25-24-20(16-9-10-16)27(22)17-11-12-17/h5-8,14,16-17H,4,9-13H2,1-3H3,(H,23,28). The van der Waals surface area contributed by atoms with Gasteiger partial charge in [0.2, 0.25) is 11.8 Å². The van der Waals surface area contributed by atoms with Crippen LogP contribution >= 0.6 is 11.8 Å². The second kappa shape index (κ2) is 8.79. The molecule has 2 saturated carbocycles. The molecule has 2 amide bonds. The highest BCUT2D eigenvalue weighted by molar-refractivity contribution is 8.00. The predicted octanol–water partition coefficient (Wildman–Crippen LogP) is 3.63. The van der Waals surface area contributed by atoms with Crippen molar-refractivity contribution in [2.75, 3.05) is 18.9 Å². The zero-order valence-corrected chi connectivity index (χ0v) is 18.6. The number of aromatic nitrogens is 3. The van der Waals surface area contributed by atoms with Crippen LogP contribution in [0.1, 0.15) is 62.9 Å². The molecule has 2 aliphatic carbocycles. The van der Waals surface area contributed by atoms with Crippen LogP contribution in [0.15, 0.2) is 29.4 Å². The number of anilines is 1. The van der Waals surface area contributed by atoms with E-state index in [4.69, 9.17) is 0 Å². The highest BCUT2D eigenvalue weighted by Crippen LogP contribution is 2.46. The maximum atomic E-state index is 12.9. The van der Waals surface area contributed by atoms with Gasteiger partial charge in [-0.25, -0.2) is 0 Å². The fourth-order valence-electron chi connectivity index (χ4n) is 3.62. The molecule has 8 heteroatoms. The van der Waals surface area contributed by atoms with Crippen molar-refractivity contribution in [1.82, 2.24) is 19.7 Å². The largest absolute Gasteiger partial charge is 0.335 e. The number of thioether (sulfide) groups is 1. The summed E-state index contributed by atoms with van der Waals surface area (Å²) in [5.41, 5.74) is 1.88. The normalized spacial score (nSPS) is 16.9. The summed E-state index contributed by atoms with van der Waals surface area (Å²) in [6.07, 6.45) is 5.52. The highest BCUT2D eigenvalue weighted by atomic mass is 32.2. The molecular weight excluding hydrogens is 398 g/mol. The van der Waals surface area contributed by atoms with Gasteiger partial charge in [-0.05, 0) is 50.7 Å². The minimum Gasteiger partial charge on any atom is -0.335 e. The van der Waals surface area contributed by atoms with Crippen LogP contribution in [0.2, 0.25) is 0 Å². The molecule has 2 fully saturated rings. The number of carbonyl (C=O) groups is 2. The Kier molecular flexibility index (Phi) is 6.13. The van der Waals surface area contributed by atoms with Crippen molar-refractivity contribution in [3.05, 3.63) is 35.7 Å². The predicted molar refractivity (Wildman–Crippen MR) is 118 cm³/mol. The quantitative estimate of drug-likeness (QED) is 0.618. The fraction of sp³-hybridized carbons (Fsp3) is 0.545. The zero-order chi connectivity index (χ0) is 21.3. The van der Waals surface area contributed by atoms with E-state index in [0.29, 0.717) is 12.0 Å². The molecule has 0 bridgehead atoms. The van der Waals surface area contributed by atoms with Crippen LogP contribution in [0.3, 0.4) is 0 Å². The van der Waals surface area contributed by atoms with Gasteiger partial charge in [-0.15, -0.1) is 10.2 Å². The number of rotatable bonds is 9. The zero-order valence-electron chi connectivity index (χ0n) is 17.8. The van der Waals surface area contributed by atoms with E-state index in [9.17, 15) is 9.59 Å². The van der Waals surface area contributed by atoms with Gasteiger partial charge in [0.1, 0.15) is 5.82 Å². The van der Waals surface area contributed by atoms with Gasteiger partial charge in [0.15, 0.2) is 5.16 Å². The van der Waals surface area contributed by atoms with Crippen LogP contribution < -0.4 is 5.32 Å². The summed E-state index contributed by atoms with van der Waals surface area (Å²) in [5, 5.41) is 12.2. The highest BCUT2D eigenvalue weighted by Gasteiger charge is 2.37. The summed E-state index contributed by atoms with van der Waals surface area (Å²) in [5.74, 6) is 1.34. The number of para-hydroxylation sites is 1. The van der Waals surface area contributed by atoms with Crippen molar-refractivity contribution in [3.63, 3.8) is 0 Å². The number of carbonyl (C=O) groups excluding carboxylic acids is 2. The van der Waals surface area contributed by atoms with Gasteiger partial charge in [0, 0.05) is 24.7 Å². The number of nitrogens with zero attached hydrogens (tertiary/aromatic N) is 4. The van der Waals surface area contributed by atoms with Gasteiger partial charge < -0.3 is 14.8 Å². The Morgan fingerprint density at radius 2 is 1.97 bits per heavy atom. The number of hydrogen-bond acceptors (Lipinski definition) is 5. The van der Waals surface area contributed by atoms with Gasteiger partial charge in [0.25, 0.3) is 0 Å². The van der Waals surface area contributed by atoms with Gasteiger partial charge in [-0.2, -0.15) is 0 Å².